The van der Waals surface area contributed by atoms with E-state index in [-0.39, 0.29) is 18.9 Å². The minimum Gasteiger partial charge on any atom is -0.480 e. The minimum absolute atomic E-state index is 0.0911. The molecule has 2 heterocycles. The Labute approximate surface area is 220 Å². The van der Waals surface area contributed by atoms with Crippen molar-refractivity contribution in [3.8, 4) is 0 Å². The summed E-state index contributed by atoms with van der Waals surface area (Å²) in [7, 11) is 0. The Bertz CT molecular complexity index is 1560. The molecule has 0 aromatic heterocycles. The van der Waals surface area contributed by atoms with Gasteiger partial charge < -0.3 is 5.11 Å². The molecule has 2 amide bonds. The maximum atomic E-state index is 14.1. The first-order valence-electron chi connectivity index (χ1n) is 12.8. The second-order valence-corrected chi connectivity index (χ2v) is 10.3. The van der Waals surface area contributed by atoms with E-state index in [1.807, 2.05) is 104 Å². The molecular formula is C32H28N2O4. The number of carbonyl (C=O) groups is 3. The van der Waals surface area contributed by atoms with Gasteiger partial charge in [0, 0.05) is 12.5 Å². The lowest BCUT2D eigenvalue weighted by molar-refractivity contribution is -0.151. The second kappa shape index (κ2) is 9.23. The van der Waals surface area contributed by atoms with Crippen molar-refractivity contribution in [3.63, 3.8) is 0 Å². The van der Waals surface area contributed by atoms with Gasteiger partial charge in [-0.05, 0) is 39.9 Å². The standard InChI is InChI=1S/C32H28N2O4/c1-20-10-5-7-16-24(20)28-26-27(32(33-28,31(37)38)18-21-11-3-2-4-12-21)30(36)34(29(26)35)19-23-15-9-14-22-13-6-8-17-25(22)23/h2-17,26-28,33H,18-19H2,1H3,(H,37,38). The molecule has 2 fully saturated rings. The largest absolute Gasteiger partial charge is 0.480 e. The van der Waals surface area contributed by atoms with Crippen LogP contribution in [0.2, 0.25) is 0 Å². The molecule has 38 heavy (non-hydrogen) atoms. The molecule has 0 bridgehead atoms. The summed E-state index contributed by atoms with van der Waals surface area (Å²) in [6, 6.07) is 30.0. The van der Waals surface area contributed by atoms with E-state index in [0.29, 0.717) is 0 Å². The molecule has 2 N–H and O–H groups in total. The van der Waals surface area contributed by atoms with Gasteiger partial charge in [0.2, 0.25) is 11.8 Å². The Morgan fingerprint density at radius 1 is 0.868 bits per heavy atom. The highest BCUT2D eigenvalue weighted by atomic mass is 16.4. The predicted molar refractivity (Wildman–Crippen MR) is 144 cm³/mol. The number of likely N-dealkylation sites (tertiary alicyclic amines) is 1. The Balaban J connectivity index is 1.46. The van der Waals surface area contributed by atoms with E-state index >= 15 is 0 Å². The van der Waals surface area contributed by atoms with Crippen molar-refractivity contribution in [3.05, 3.63) is 119 Å². The smallest absolute Gasteiger partial charge is 0.325 e. The van der Waals surface area contributed by atoms with Crippen molar-refractivity contribution in [2.75, 3.05) is 0 Å². The number of aryl methyl sites for hydroxylation is 1. The van der Waals surface area contributed by atoms with Gasteiger partial charge in [0.1, 0.15) is 5.54 Å². The average molecular weight is 505 g/mol. The van der Waals surface area contributed by atoms with E-state index < -0.39 is 35.3 Å². The van der Waals surface area contributed by atoms with Crippen molar-refractivity contribution in [2.24, 2.45) is 11.8 Å². The van der Waals surface area contributed by atoms with Crippen LogP contribution >= 0.6 is 0 Å². The molecule has 4 aromatic rings. The first-order chi connectivity index (χ1) is 18.4. The van der Waals surface area contributed by atoms with Gasteiger partial charge in [-0.15, -0.1) is 0 Å². The lowest BCUT2D eigenvalue weighted by Gasteiger charge is -2.31. The zero-order valence-corrected chi connectivity index (χ0v) is 21.0. The molecule has 190 valence electrons. The highest BCUT2D eigenvalue weighted by Crippen LogP contribution is 2.51. The maximum Gasteiger partial charge on any atom is 0.325 e. The van der Waals surface area contributed by atoms with Crippen molar-refractivity contribution < 1.29 is 19.5 Å². The van der Waals surface area contributed by atoms with Crippen LogP contribution in [0.5, 0.6) is 0 Å². The topological polar surface area (TPSA) is 86.7 Å². The molecule has 0 spiro atoms. The van der Waals surface area contributed by atoms with Crippen LogP contribution in [-0.4, -0.2) is 33.3 Å². The second-order valence-electron chi connectivity index (χ2n) is 10.3. The van der Waals surface area contributed by atoms with Crippen LogP contribution in [0, 0.1) is 18.8 Å². The van der Waals surface area contributed by atoms with Gasteiger partial charge in [0.05, 0.1) is 18.4 Å². The van der Waals surface area contributed by atoms with Crippen LogP contribution in [0.15, 0.2) is 97.1 Å². The van der Waals surface area contributed by atoms with Crippen LogP contribution in [0.25, 0.3) is 10.8 Å². The molecule has 4 unspecified atom stereocenters. The lowest BCUT2D eigenvalue weighted by atomic mass is 9.76. The van der Waals surface area contributed by atoms with Gasteiger partial charge in [0.15, 0.2) is 0 Å². The molecule has 6 rings (SSSR count). The molecule has 0 radical (unpaired) electrons. The number of imide groups is 1. The first-order valence-corrected chi connectivity index (χ1v) is 12.8. The summed E-state index contributed by atoms with van der Waals surface area (Å²) in [5.74, 6) is -3.74. The van der Waals surface area contributed by atoms with E-state index in [9.17, 15) is 19.5 Å². The van der Waals surface area contributed by atoms with Gasteiger partial charge in [-0.25, -0.2) is 0 Å². The predicted octanol–water partition coefficient (Wildman–Crippen LogP) is 4.66. The third-order valence-electron chi connectivity index (χ3n) is 8.18. The van der Waals surface area contributed by atoms with E-state index in [4.69, 9.17) is 0 Å². The Kier molecular flexibility index (Phi) is 5.84. The summed E-state index contributed by atoms with van der Waals surface area (Å²) in [5.41, 5.74) is 1.80. The van der Waals surface area contributed by atoms with Crippen molar-refractivity contribution in [1.29, 1.82) is 0 Å². The summed E-state index contributed by atoms with van der Waals surface area (Å²) in [5, 5.41) is 16.0. The zero-order chi connectivity index (χ0) is 26.4. The summed E-state index contributed by atoms with van der Waals surface area (Å²) in [6.07, 6.45) is 0.0911. The molecule has 2 aliphatic heterocycles. The van der Waals surface area contributed by atoms with Gasteiger partial charge in [-0.3, -0.25) is 24.6 Å². The minimum atomic E-state index is -1.63. The average Bonchev–Trinajstić information content (AvgIpc) is 3.39. The monoisotopic (exact) mass is 504 g/mol. The molecule has 4 atom stereocenters. The third kappa shape index (κ3) is 3.72. The quantitative estimate of drug-likeness (QED) is 0.373. The van der Waals surface area contributed by atoms with E-state index in [1.54, 1.807) is 0 Å². The number of benzene rings is 4. The number of rotatable bonds is 6. The van der Waals surface area contributed by atoms with Crippen LogP contribution < -0.4 is 5.32 Å². The maximum absolute atomic E-state index is 14.1. The van der Waals surface area contributed by atoms with E-state index in [1.165, 1.54) is 4.90 Å². The van der Waals surface area contributed by atoms with Gasteiger partial charge in [-0.2, -0.15) is 0 Å². The summed E-state index contributed by atoms with van der Waals surface area (Å²) >= 11 is 0. The normalized spacial score (nSPS) is 24.7. The number of amides is 2. The van der Waals surface area contributed by atoms with Gasteiger partial charge >= 0.3 is 5.97 Å². The SMILES string of the molecule is Cc1ccccc1C1NC(Cc2ccccc2)(C(=O)O)C2C(=O)N(Cc3cccc4ccccc34)C(=O)C12. The van der Waals surface area contributed by atoms with Crippen molar-refractivity contribution in [2.45, 2.75) is 31.5 Å². The third-order valence-corrected chi connectivity index (χ3v) is 8.18. The van der Waals surface area contributed by atoms with Gasteiger partial charge in [0.25, 0.3) is 0 Å². The molecule has 2 saturated heterocycles. The summed E-state index contributed by atoms with van der Waals surface area (Å²) < 4.78 is 0. The number of carboxylic acid groups (broad SMARTS) is 1. The Morgan fingerprint density at radius 3 is 2.32 bits per heavy atom. The molecule has 0 saturated carbocycles. The number of hydrogen-bond donors (Lipinski definition) is 2. The van der Waals surface area contributed by atoms with Crippen LogP contribution in [0.4, 0.5) is 0 Å². The Hall–Kier alpha value is -4.29. The Morgan fingerprint density at radius 2 is 1.55 bits per heavy atom. The number of fused-ring (bicyclic) bond motifs is 2. The van der Waals surface area contributed by atoms with Crippen LogP contribution in [0.3, 0.4) is 0 Å². The van der Waals surface area contributed by atoms with Crippen LogP contribution in [-0.2, 0) is 27.3 Å². The fraction of sp³-hybridized carbons (Fsp3) is 0.219. The first kappa shape index (κ1) is 24.1. The number of aliphatic carboxylic acids is 1. The highest BCUT2D eigenvalue weighted by molar-refractivity contribution is 6.09. The van der Waals surface area contributed by atoms with E-state index in [2.05, 4.69) is 5.32 Å². The molecule has 0 aliphatic carbocycles. The number of nitrogens with zero attached hydrogens (tertiary/aromatic N) is 1. The fourth-order valence-electron chi connectivity index (χ4n) is 6.37. The molecular weight excluding hydrogens is 476 g/mol. The lowest BCUT2D eigenvalue weighted by Crippen LogP contribution is -2.57. The molecule has 6 nitrogen and oxygen atoms in total. The highest BCUT2D eigenvalue weighted by Gasteiger charge is 2.68. The zero-order valence-electron chi connectivity index (χ0n) is 21.0. The van der Waals surface area contributed by atoms with E-state index in [0.717, 1.165) is 33.0 Å². The van der Waals surface area contributed by atoms with Crippen LogP contribution in [0.1, 0.15) is 28.3 Å². The number of carbonyl (C=O) groups excluding carboxylic acids is 2. The number of hydrogen-bond acceptors (Lipinski definition) is 4. The summed E-state index contributed by atoms with van der Waals surface area (Å²) in [4.78, 5) is 42.5. The molecule has 4 aromatic carbocycles. The number of nitrogens with one attached hydrogen (secondary N) is 1. The fourth-order valence-corrected chi connectivity index (χ4v) is 6.37. The molecule has 2 aliphatic rings. The van der Waals surface area contributed by atoms with Crippen molar-refractivity contribution >= 4 is 28.6 Å². The van der Waals surface area contributed by atoms with Crippen molar-refractivity contribution in [1.82, 2.24) is 10.2 Å². The number of carboxylic acids is 1. The van der Waals surface area contributed by atoms with Gasteiger partial charge in [-0.1, -0.05) is 97.1 Å². The summed E-state index contributed by atoms with van der Waals surface area (Å²) in [6.45, 7) is 2.05. The molecule has 6 heteroatoms.